The number of benzene rings is 2. The van der Waals surface area contributed by atoms with Crippen LogP contribution in [0, 0.1) is 13.8 Å². The molecule has 134 valence electrons. The number of carbonyl (C=O) groups is 1. The van der Waals surface area contributed by atoms with E-state index in [2.05, 4.69) is 10.5 Å². The van der Waals surface area contributed by atoms with Crippen molar-refractivity contribution in [3.63, 3.8) is 0 Å². The molecule has 1 aromatic heterocycles. The zero-order valence-corrected chi connectivity index (χ0v) is 15.1. The molecule has 26 heavy (non-hydrogen) atoms. The lowest BCUT2D eigenvalue weighted by Crippen LogP contribution is -2.06. The Kier molecular flexibility index (Phi) is 4.93. The van der Waals surface area contributed by atoms with Crippen LogP contribution in [-0.4, -0.2) is 25.3 Å². The molecule has 0 aliphatic carbocycles. The van der Waals surface area contributed by atoms with Crippen LogP contribution in [-0.2, 0) is 4.74 Å². The molecule has 1 N–H and O–H groups in total. The van der Waals surface area contributed by atoms with Gasteiger partial charge < -0.3 is 19.3 Å². The molecule has 1 heterocycles. The fraction of sp³-hybridized carbons (Fsp3) is 0.200. The van der Waals surface area contributed by atoms with E-state index in [0.29, 0.717) is 17.0 Å². The molecule has 0 aliphatic heterocycles. The second kappa shape index (κ2) is 7.31. The number of carbonyl (C=O) groups excluding carboxylic acids is 1. The number of methoxy groups -OCH3 is 2. The second-order valence-electron chi connectivity index (χ2n) is 5.80. The van der Waals surface area contributed by atoms with Crippen LogP contribution in [0.4, 0.5) is 11.4 Å². The third-order valence-electron chi connectivity index (χ3n) is 4.12. The Balaban J connectivity index is 2.00. The van der Waals surface area contributed by atoms with Crippen molar-refractivity contribution in [2.75, 3.05) is 19.5 Å². The van der Waals surface area contributed by atoms with Crippen LogP contribution in [0.2, 0.25) is 0 Å². The van der Waals surface area contributed by atoms with Gasteiger partial charge in [-0.2, -0.15) is 0 Å². The van der Waals surface area contributed by atoms with E-state index >= 15 is 0 Å². The fourth-order valence-electron chi connectivity index (χ4n) is 2.81. The monoisotopic (exact) mass is 352 g/mol. The topological polar surface area (TPSA) is 73.6 Å². The highest BCUT2D eigenvalue weighted by Crippen LogP contribution is 2.32. The van der Waals surface area contributed by atoms with Gasteiger partial charge in [-0.1, -0.05) is 11.2 Å². The van der Waals surface area contributed by atoms with Gasteiger partial charge in [0.2, 0.25) is 0 Å². The molecule has 0 aliphatic rings. The van der Waals surface area contributed by atoms with Crippen LogP contribution in [0.3, 0.4) is 0 Å². The van der Waals surface area contributed by atoms with Gasteiger partial charge in [0.25, 0.3) is 0 Å². The van der Waals surface area contributed by atoms with E-state index in [4.69, 9.17) is 14.0 Å². The molecule has 3 aromatic rings. The summed E-state index contributed by atoms with van der Waals surface area (Å²) in [4.78, 5) is 12.3. The van der Waals surface area contributed by atoms with E-state index in [-0.39, 0.29) is 0 Å². The number of hydrogen-bond donors (Lipinski definition) is 1. The van der Waals surface area contributed by atoms with E-state index in [0.717, 1.165) is 28.3 Å². The van der Waals surface area contributed by atoms with Crippen molar-refractivity contribution in [1.29, 1.82) is 0 Å². The average Bonchev–Trinajstić information content (AvgIpc) is 3.00. The van der Waals surface area contributed by atoms with Gasteiger partial charge in [-0.25, -0.2) is 4.79 Å². The normalized spacial score (nSPS) is 10.5. The maximum Gasteiger partial charge on any atom is 0.339 e. The van der Waals surface area contributed by atoms with E-state index < -0.39 is 5.97 Å². The number of anilines is 2. The first-order valence-electron chi connectivity index (χ1n) is 8.10. The van der Waals surface area contributed by atoms with Crippen LogP contribution < -0.4 is 10.1 Å². The Hall–Kier alpha value is -3.28. The number of nitrogens with one attached hydrogen (secondary N) is 1. The zero-order chi connectivity index (χ0) is 18.7. The minimum absolute atomic E-state index is 0.422. The molecule has 6 heteroatoms. The van der Waals surface area contributed by atoms with Crippen molar-refractivity contribution in [2.45, 2.75) is 13.8 Å². The maximum atomic E-state index is 12.3. The van der Waals surface area contributed by atoms with Gasteiger partial charge in [0.1, 0.15) is 11.5 Å². The van der Waals surface area contributed by atoms with Crippen LogP contribution >= 0.6 is 0 Å². The predicted molar refractivity (Wildman–Crippen MR) is 99.0 cm³/mol. The van der Waals surface area contributed by atoms with Gasteiger partial charge in [-0.05, 0) is 55.8 Å². The Labute approximate surface area is 151 Å². The predicted octanol–water partition coefficient (Wildman–Crippen LogP) is 4.50. The van der Waals surface area contributed by atoms with Crippen molar-refractivity contribution in [3.05, 3.63) is 59.5 Å². The van der Waals surface area contributed by atoms with Gasteiger partial charge in [0.15, 0.2) is 0 Å². The first-order chi connectivity index (χ1) is 12.5. The van der Waals surface area contributed by atoms with Crippen molar-refractivity contribution >= 4 is 17.3 Å². The van der Waals surface area contributed by atoms with Crippen LogP contribution in [0.5, 0.6) is 5.75 Å². The minimum Gasteiger partial charge on any atom is -0.497 e. The summed E-state index contributed by atoms with van der Waals surface area (Å²) in [6.45, 7) is 3.71. The van der Waals surface area contributed by atoms with Crippen LogP contribution in [0.1, 0.15) is 21.8 Å². The van der Waals surface area contributed by atoms with Gasteiger partial charge in [-0.3, -0.25) is 0 Å². The van der Waals surface area contributed by atoms with Crippen molar-refractivity contribution < 1.29 is 18.8 Å². The maximum absolute atomic E-state index is 12.3. The molecule has 0 atom stereocenters. The number of ether oxygens (including phenoxy) is 2. The van der Waals surface area contributed by atoms with Crippen LogP contribution in [0.25, 0.3) is 11.1 Å². The summed E-state index contributed by atoms with van der Waals surface area (Å²) in [5.41, 5.74) is 4.42. The fourth-order valence-corrected chi connectivity index (χ4v) is 2.81. The highest BCUT2D eigenvalue weighted by atomic mass is 16.5. The van der Waals surface area contributed by atoms with Gasteiger partial charge in [0.05, 0.1) is 31.2 Å². The lowest BCUT2D eigenvalue weighted by molar-refractivity contribution is 0.0602. The zero-order valence-electron chi connectivity index (χ0n) is 15.1. The lowest BCUT2D eigenvalue weighted by atomic mass is 10.0. The van der Waals surface area contributed by atoms with E-state index in [1.54, 1.807) is 13.2 Å². The summed E-state index contributed by atoms with van der Waals surface area (Å²) in [5.74, 6) is 1.04. The molecule has 0 bridgehead atoms. The number of nitrogens with zero attached hydrogens (tertiary/aromatic N) is 1. The Morgan fingerprint density at radius 2 is 1.81 bits per heavy atom. The molecule has 0 amide bonds. The lowest BCUT2D eigenvalue weighted by Gasteiger charge is -2.13. The number of hydrogen-bond acceptors (Lipinski definition) is 6. The molecule has 0 saturated heterocycles. The quantitative estimate of drug-likeness (QED) is 0.682. The molecule has 2 aromatic carbocycles. The molecule has 0 radical (unpaired) electrons. The standard InChI is InChI=1S/C20H20N2O4/c1-12-19(13(2)26-22-12)14-5-10-18(17(11-14)20(23)25-4)21-15-6-8-16(24-3)9-7-15/h5-11,21H,1-4H3. The Bertz CT molecular complexity index is 910. The molecule has 0 saturated carbocycles. The largest absolute Gasteiger partial charge is 0.497 e. The number of esters is 1. The molecule has 0 spiro atoms. The summed E-state index contributed by atoms with van der Waals surface area (Å²) in [6, 6.07) is 13.0. The summed E-state index contributed by atoms with van der Waals surface area (Å²) in [5, 5.41) is 7.22. The van der Waals surface area contributed by atoms with Crippen molar-refractivity contribution in [3.8, 4) is 16.9 Å². The van der Waals surface area contributed by atoms with Gasteiger partial charge in [-0.15, -0.1) is 0 Å². The van der Waals surface area contributed by atoms with E-state index in [9.17, 15) is 4.79 Å². The molecule has 6 nitrogen and oxygen atoms in total. The van der Waals surface area contributed by atoms with Gasteiger partial charge in [0, 0.05) is 11.3 Å². The highest BCUT2D eigenvalue weighted by Gasteiger charge is 2.17. The van der Waals surface area contributed by atoms with E-state index in [1.807, 2.05) is 50.2 Å². The summed E-state index contributed by atoms with van der Waals surface area (Å²) >= 11 is 0. The Morgan fingerprint density at radius 1 is 1.08 bits per heavy atom. The summed E-state index contributed by atoms with van der Waals surface area (Å²) in [7, 11) is 2.98. The van der Waals surface area contributed by atoms with E-state index in [1.165, 1.54) is 7.11 Å². The van der Waals surface area contributed by atoms with Crippen molar-refractivity contribution in [1.82, 2.24) is 5.16 Å². The summed E-state index contributed by atoms with van der Waals surface area (Å²) < 4.78 is 15.3. The SMILES string of the molecule is COC(=O)c1cc(-c2c(C)noc2C)ccc1Nc1ccc(OC)cc1. The number of rotatable bonds is 5. The first kappa shape index (κ1) is 17.5. The minimum atomic E-state index is -0.422. The molecule has 0 fully saturated rings. The molecule has 0 unspecified atom stereocenters. The summed E-state index contributed by atoms with van der Waals surface area (Å²) in [6.07, 6.45) is 0. The molecule has 3 rings (SSSR count). The second-order valence-corrected chi connectivity index (χ2v) is 5.80. The highest BCUT2D eigenvalue weighted by molar-refractivity contribution is 5.98. The number of aromatic nitrogens is 1. The first-order valence-corrected chi connectivity index (χ1v) is 8.10. The van der Waals surface area contributed by atoms with Gasteiger partial charge >= 0.3 is 5.97 Å². The van der Waals surface area contributed by atoms with Crippen molar-refractivity contribution in [2.24, 2.45) is 0 Å². The molecular formula is C20H20N2O4. The number of aryl methyl sites for hydroxylation is 2. The molecular weight excluding hydrogens is 332 g/mol. The smallest absolute Gasteiger partial charge is 0.339 e. The average molecular weight is 352 g/mol. The Morgan fingerprint density at radius 3 is 2.38 bits per heavy atom. The van der Waals surface area contributed by atoms with Crippen LogP contribution in [0.15, 0.2) is 47.0 Å². The third kappa shape index (κ3) is 3.39. The third-order valence-corrected chi connectivity index (χ3v) is 4.12.